The van der Waals surface area contributed by atoms with Crippen molar-refractivity contribution < 1.29 is 38.1 Å². The molecule has 8 heteroatoms. The highest BCUT2D eigenvalue weighted by atomic mass is 16.6. The molecule has 0 saturated heterocycles. The number of rotatable bonds is 32. The third kappa shape index (κ3) is 20.4. The maximum absolute atomic E-state index is 14.2. The topological polar surface area (TPSA) is 105 Å². The molecule has 0 bridgehead atoms. The number of hydrogen-bond acceptors (Lipinski definition) is 8. The lowest BCUT2D eigenvalue weighted by molar-refractivity contribution is -0.0642. The van der Waals surface area contributed by atoms with Gasteiger partial charge in [-0.25, -0.2) is 19.2 Å². The molecule has 8 nitrogen and oxygen atoms in total. The third-order valence-corrected chi connectivity index (χ3v) is 20.8. The Morgan fingerprint density at radius 2 is 0.482 bits per heavy atom. The number of hydrogen-bond donors (Lipinski definition) is 0. The Morgan fingerprint density at radius 1 is 0.294 bits per heavy atom. The van der Waals surface area contributed by atoms with Crippen LogP contribution in [0, 0.1) is 29.1 Å². The highest BCUT2D eigenvalue weighted by Gasteiger charge is 2.39. The molecule has 4 aromatic rings. The molecule has 4 aliphatic rings. The molecule has 0 radical (unpaired) electrons. The molecule has 4 saturated carbocycles. The Labute approximate surface area is 513 Å². The smallest absolute Gasteiger partial charge is 0.338 e. The van der Waals surface area contributed by atoms with Gasteiger partial charge in [0, 0.05) is 0 Å². The normalized spacial score (nSPS) is 22.7. The molecule has 0 unspecified atom stereocenters. The van der Waals surface area contributed by atoms with E-state index in [1.807, 2.05) is 48.5 Å². The molecular weight excluding hydrogens is 1050 g/mol. The van der Waals surface area contributed by atoms with Gasteiger partial charge in [-0.3, -0.25) is 0 Å². The average Bonchev–Trinajstić information content (AvgIpc) is 3.72. The van der Waals surface area contributed by atoms with E-state index >= 15 is 0 Å². The average molecular weight is 1160 g/mol. The molecule has 0 aromatic heterocycles. The summed E-state index contributed by atoms with van der Waals surface area (Å²) in [6.07, 6.45) is 39.8. The molecule has 4 aromatic carbocycles. The fourth-order valence-electron chi connectivity index (χ4n) is 14.9. The van der Waals surface area contributed by atoms with Crippen LogP contribution >= 0.6 is 0 Å². The van der Waals surface area contributed by atoms with Crippen molar-refractivity contribution in [2.75, 3.05) is 26.4 Å². The lowest BCUT2D eigenvalue weighted by atomic mass is 9.77. The largest absolute Gasteiger partial charge is 0.461 e. The van der Waals surface area contributed by atoms with Crippen LogP contribution in [-0.4, -0.2) is 50.3 Å². The number of ether oxygens (including phenoxy) is 4. The summed E-state index contributed by atoms with van der Waals surface area (Å²) in [6, 6.07) is 31.1. The van der Waals surface area contributed by atoms with E-state index in [9.17, 15) is 19.2 Å². The fraction of sp³-hybridized carbons (Fsp3) is 0.636. The Bertz CT molecular complexity index is 2210. The van der Waals surface area contributed by atoms with Gasteiger partial charge in [-0.05, 0) is 221 Å². The quantitative estimate of drug-likeness (QED) is 0.0270. The summed E-state index contributed by atoms with van der Waals surface area (Å²) in [5.41, 5.74) is 5.00. The van der Waals surface area contributed by atoms with Crippen LogP contribution in [0.5, 0.6) is 0 Å². The lowest BCUT2D eigenvalue weighted by Crippen LogP contribution is -2.44. The van der Waals surface area contributed by atoms with E-state index in [0.29, 0.717) is 45.9 Å². The van der Waals surface area contributed by atoms with Gasteiger partial charge >= 0.3 is 23.9 Å². The van der Waals surface area contributed by atoms with Gasteiger partial charge < -0.3 is 18.9 Å². The van der Waals surface area contributed by atoms with Crippen LogP contribution in [0.3, 0.4) is 0 Å². The molecule has 0 spiro atoms. The van der Waals surface area contributed by atoms with Crippen molar-refractivity contribution in [1.29, 1.82) is 0 Å². The summed E-state index contributed by atoms with van der Waals surface area (Å²) in [6.45, 7) is 7.62. The van der Waals surface area contributed by atoms with Crippen LogP contribution in [0.25, 0.3) is 0 Å². The van der Waals surface area contributed by atoms with E-state index < -0.39 is 29.3 Å². The number of carbonyl (C=O) groups is 4. The van der Waals surface area contributed by atoms with Crippen LogP contribution < -0.4 is 0 Å². The van der Waals surface area contributed by atoms with Crippen molar-refractivity contribution in [1.82, 2.24) is 0 Å². The molecule has 0 heterocycles. The van der Waals surface area contributed by atoms with E-state index in [0.717, 1.165) is 75.0 Å². The van der Waals surface area contributed by atoms with Crippen molar-refractivity contribution in [3.63, 3.8) is 0 Å². The third-order valence-electron chi connectivity index (χ3n) is 20.8. The summed E-state index contributed by atoms with van der Waals surface area (Å²) >= 11 is 0. The Hall–Kier alpha value is -5.24. The fourth-order valence-corrected chi connectivity index (χ4v) is 14.9. The van der Waals surface area contributed by atoms with E-state index in [4.69, 9.17) is 18.9 Å². The monoisotopic (exact) mass is 1160 g/mol. The predicted molar refractivity (Wildman–Crippen MR) is 345 cm³/mol. The van der Waals surface area contributed by atoms with Crippen molar-refractivity contribution in [3.8, 4) is 0 Å². The first-order valence-corrected chi connectivity index (χ1v) is 34.6. The molecule has 85 heavy (non-hydrogen) atoms. The highest BCUT2D eigenvalue weighted by molar-refractivity contribution is 5.91. The number of esters is 4. The van der Waals surface area contributed by atoms with Crippen molar-refractivity contribution >= 4 is 23.9 Å². The summed E-state index contributed by atoms with van der Waals surface area (Å²) in [7, 11) is 0. The molecular formula is C77H108O8. The second-order valence-corrected chi connectivity index (χ2v) is 27.1. The van der Waals surface area contributed by atoms with E-state index in [-0.39, 0.29) is 26.4 Å². The number of unbranched alkanes of at least 4 members (excludes halogenated alkanes) is 8. The Morgan fingerprint density at radius 3 is 0.659 bits per heavy atom. The van der Waals surface area contributed by atoms with Gasteiger partial charge in [0.25, 0.3) is 0 Å². The summed E-state index contributed by atoms with van der Waals surface area (Å²) in [4.78, 5) is 56.8. The van der Waals surface area contributed by atoms with Crippen LogP contribution in [0.15, 0.2) is 97.1 Å². The van der Waals surface area contributed by atoms with Gasteiger partial charge in [0.1, 0.15) is 31.8 Å². The van der Waals surface area contributed by atoms with Gasteiger partial charge in [-0.15, -0.1) is 0 Å². The molecule has 0 aliphatic heterocycles. The zero-order valence-electron chi connectivity index (χ0n) is 53.1. The van der Waals surface area contributed by atoms with E-state index in [2.05, 4.69) is 76.2 Å². The molecule has 4 aliphatic carbocycles. The van der Waals surface area contributed by atoms with Gasteiger partial charge in [0.05, 0.1) is 22.3 Å². The summed E-state index contributed by atoms with van der Waals surface area (Å²) in [5, 5.41) is 0. The molecule has 4 fully saturated rings. The van der Waals surface area contributed by atoms with Crippen molar-refractivity contribution in [2.24, 2.45) is 29.1 Å². The first-order chi connectivity index (χ1) is 41.5. The first-order valence-electron chi connectivity index (χ1n) is 34.6. The maximum atomic E-state index is 14.2. The molecule has 8 rings (SSSR count). The van der Waals surface area contributed by atoms with Gasteiger partial charge in [-0.2, -0.15) is 0 Å². The highest BCUT2D eigenvalue weighted by Crippen LogP contribution is 2.42. The second-order valence-electron chi connectivity index (χ2n) is 27.1. The lowest BCUT2D eigenvalue weighted by Gasteiger charge is -2.32. The van der Waals surface area contributed by atoms with Crippen LogP contribution in [-0.2, 0) is 18.9 Å². The van der Waals surface area contributed by atoms with Crippen LogP contribution in [0.2, 0.25) is 0 Å². The Balaban J connectivity index is 0.985. The minimum Gasteiger partial charge on any atom is -0.461 e. The van der Waals surface area contributed by atoms with E-state index in [1.165, 1.54) is 176 Å². The van der Waals surface area contributed by atoms with Crippen LogP contribution in [0.1, 0.15) is 321 Å². The van der Waals surface area contributed by atoms with Crippen molar-refractivity contribution in [2.45, 2.75) is 257 Å². The maximum Gasteiger partial charge on any atom is 0.338 e. The molecule has 0 amide bonds. The minimum atomic E-state index is -1.48. The standard InChI is InChI=1S/C77H108O8/c1-5-9-13-17-57-21-29-61(30-22-57)65-37-45-69(46-38-65)73(78)82-53-77(54-83-74(79)70-47-39-66(40-48-70)62-31-23-58(24-32-62)18-14-10-6-2,55-84-75(80)71-49-41-67(42-50-71)63-33-25-59(26-34-63)19-15-11-7-3)56-85-76(81)72-51-43-68(44-52-72)64-35-27-60(28-36-64)20-16-12-8-4/h37-52,57-64H,5-36,53-56H2,1-4H3/t57-,58-,59-,60-,61-,62-,63-,64-. The minimum absolute atomic E-state index is 0.358. The zero-order valence-corrected chi connectivity index (χ0v) is 53.1. The Kier molecular flexibility index (Phi) is 27.0. The molecule has 464 valence electrons. The van der Waals surface area contributed by atoms with Gasteiger partial charge in [-0.1, -0.05) is 179 Å². The predicted octanol–water partition coefficient (Wildman–Crippen LogP) is 20.8. The van der Waals surface area contributed by atoms with Gasteiger partial charge in [0.15, 0.2) is 0 Å². The zero-order chi connectivity index (χ0) is 59.6. The SMILES string of the molecule is CCCCC[C@H]1CC[C@H](c2ccc(C(=O)OCC(COC(=O)c3ccc([C@H]4CC[C@H](CCCCC)CC4)cc3)(COC(=O)c3ccc([C@H]4CC[C@H](CCCCC)CC4)cc3)COC(=O)c3ccc([C@H]4CC[C@H](CCCCC)CC4)cc3)cc2)CC1. The molecule has 0 N–H and O–H groups in total. The first kappa shape index (κ1) is 65.7. The summed E-state index contributed by atoms with van der Waals surface area (Å²) in [5.74, 6) is 2.78. The van der Waals surface area contributed by atoms with Crippen LogP contribution in [0.4, 0.5) is 0 Å². The van der Waals surface area contributed by atoms with E-state index in [1.54, 1.807) is 0 Å². The van der Waals surface area contributed by atoms with Gasteiger partial charge in [0.2, 0.25) is 0 Å². The number of carbonyl (C=O) groups excluding carboxylic acids is 4. The molecule has 0 atom stereocenters. The summed E-state index contributed by atoms with van der Waals surface area (Å²) < 4.78 is 24.8. The van der Waals surface area contributed by atoms with Crippen molar-refractivity contribution in [3.05, 3.63) is 142 Å². The second kappa shape index (κ2) is 34.9. The number of benzene rings is 4.